The minimum absolute atomic E-state index is 0.418. The van der Waals surface area contributed by atoms with Gasteiger partial charge in [-0.3, -0.25) is 0 Å². The van der Waals surface area contributed by atoms with Crippen LogP contribution in [0.5, 0.6) is 0 Å². The van der Waals surface area contributed by atoms with Crippen LogP contribution in [0.4, 0.5) is 0 Å². The predicted molar refractivity (Wildman–Crippen MR) is 41.3 cm³/mol. The lowest BCUT2D eigenvalue weighted by Crippen LogP contribution is -2.02. The van der Waals surface area contributed by atoms with Crippen molar-refractivity contribution in [1.29, 1.82) is 10.5 Å². The van der Waals surface area contributed by atoms with Crippen molar-refractivity contribution in [3.63, 3.8) is 0 Å². The summed E-state index contributed by atoms with van der Waals surface area (Å²) >= 11 is 0. The molecule has 0 amide bonds. The van der Waals surface area contributed by atoms with Crippen LogP contribution in [0.2, 0.25) is 0 Å². The fourth-order valence-corrected chi connectivity index (χ4v) is 0.781. The molecular formula is C8H3BN2. The van der Waals surface area contributed by atoms with Crippen LogP contribution >= 0.6 is 0 Å². The van der Waals surface area contributed by atoms with Crippen LogP contribution in [0.3, 0.4) is 0 Å². The Hall–Kier alpha value is -1.74. The van der Waals surface area contributed by atoms with Crippen molar-refractivity contribution in [3.8, 4) is 12.1 Å². The summed E-state index contributed by atoms with van der Waals surface area (Å²) in [5.74, 6) is 0. The van der Waals surface area contributed by atoms with Gasteiger partial charge in [0.1, 0.15) is 7.85 Å². The number of rotatable bonds is 0. The van der Waals surface area contributed by atoms with Gasteiger partial charge in [-0.15, -0.1) is 0 Å². The van der Waals surface area contributed by atoms with Crippen molar-refractivity contribution in [1.82, 2.24) is 0 Å². The van der Waals surface area contributed by atoms with Crippen LogP contribution in [0, 0.1) is 22.7 Å². The van der Waals surface area contributed by atoms with Gasteiger partial charge in [-0.1, -0.05) is 17.6 Å². The van der Waals surface area contributed by atoms with Crippen molar-refractivity contribution in [2.75, 3.05) is 0 Å². The summed E-state index contributed by atoms with van der Waals surface area (Å²) < 4.78 is 0. The zero-order chi connectivity index (χ0) is 8.27. The molecule has 2 radical (unpaired) electrons. The molecule has 48 valence electrons. The highest BCUT2D eigenvalue weighted by Crippen LogP contribution is 1.99. The first-order valence-corrected chi connectivity index (χ1v) is 2.97. The monoisotopic (exact) mass is 138 g/mol. The number of benzene rings is 1. The molecule has 0 saturated heterocycles. The van der Waals surface area contributed by atoms with E-state index in [9.17, 15) is 0 Å². The third-order valence-electron chi connectivity index (χ3n) is 1.21. The van der Waals surface area contributed by atoms with Gasteiger partial charge in [-0.25, -0.2) is 0 Å². The normalized spacial score (nSPS) is 8.18. The van der Waals surface area contributed by atoms with E-state index in [2.05, 4.69) is 0 Å². The molecule has 0 aliphatic heterocycles. The van der Waals surface area contributed by atoms with E-state index < -0.39 is 0 Å². The van der Waals surface area contributed by atoms with Crippen LogP contribution < -0.4 is 5.46 Å². The molecule has 0 aromatic heterocycles. The van der Waals surface area contributed by atoms with Gasteiger partial charge >= 0.3 is 0 Å². The summed E-state index contributed by atoms with van der Waals surface area (Å²) in [5, 5.41) is 16.9. The molecular weight excluding hydrogens is 135 g/mol. The third kappa shape index (κ3) is 1.59. The first kappa shape index (κ1) is 7.37. The Bertz CT molecular complexity index is 325. The second-order valence-corrected chi connectivity index (χ2v) is 2.07. The molecule has 0 aliphatic rings. The van der Waals surface area contributed by atoms with E-state index in [4.69, 9.17) is 18.4 Å². The summed E-state index contributed by atoms with van der Waals surface area (Å²) in [6.07, 6.45) is 0. The lowest BCUT2D eigenvalue weighted by Gasteiger charge is -1.93. The average Bonchev–Trinajstić information content (AvgIpc) is 2.03. The van der Waals surface area contributed by atoms with Crippen LogP contribution in [-0.4, -0.2) is 7.85 Å². The fourth-order valence-electron chi connectivity index (χ4n) is 0.781. The van der Waals surface area contributed by atoms with Gasteiger partial charge in [0.25, 0.3) is 0 Å². The van der Waals surface area contributed by atoms with Crippen molar-refractivity contribution >= 4 is 13.3 Å². The van der Waals surface area contributed by atoms with Gasteiger partial charge in [-0.2, -0.15) is 10.5 Å². The molecule has 0 aliphatic carbocycles. The van der Waals surface area contributed by atoms with Crippen LogP contribution in [0.15, 0.2) is 18.2 Å². The van der Waals surface area contributed by atoms with E-state index in [1.807, 2.05) is 12.1 Å². The Labute approximate surface area is 66.1 Å². The quantitative estimate of drug-likeness (QED) is 0.481. The van der Waals surface area contributed by atoms with Gasteiger partial charge in [0.05, 0.1) is 23.3 Å². The maximum Gasteiger partial charge on any atom is 0.113 e. The van der Waals surface area contributed by atoms with E-state index in [1.165, 1.54) is 18.2 Å². The second-order valence-electron chi connectivity index (χ2n) is 2.07. The lowest BCUT2D eigenvalue weighted by atomic mass is 9.92. The molecule has 0 heterocycles. The lowest BCUT2D eigenvalue weighted by molar-refractivity contribution is 1.46. The molecule has 0 fully saturated rings. The van der Waals surface area contributed by atoms with Gasteiger partial charge < -0.3 is 0 Å². The highest BCUT2D eigenvalue weighted by atomic mass is 14.2. The Morgan fingerprint density at radius 1 is 1.00 bits per heavy atom. The average molecular weight is 138 g/mol. The first-order chi connectivity index (χ1) is 5.26. The number of hydrogen-bond donors (Lipinski definition) is 0. The molecule has 0 unspecified atom stereocenters. The van der Waals surface area contributed by atoms with Crippen molar-refractivity contribution in [2.24, 2.45) is 0 Å². The molecule has 0 N–H and O–H groups in total. The second kappa shape index (κ2) is 2.90. The highest BCUT2D eigenvalue weighted by Gasteiger charge is 1.94. The summed E-state index contributed by atoms with van der Waals surface area (Å²) in [6, 6.07) is 8.38. The zero-order valence-electron chi connectivity index (χ0n) is 5.70. The van der Waals surface area contributed by atoms with Gasteiger partial charge in [-0.05, 0) is 6.07 Å². The molecule has 3 heteroatoms. The Morgan fingerprint density at radius 2 is 1.45 bits per heavy atom. The number of nitriles is 2. The standard InChI is InChI=1S/C8H3BN2/c9-8-2-6(4-10)1-7(3-8)5-11/h1-3H. The predicted octanol–water partition coefficient (Wildman–Crippen LogP) is 0.224. The van der Waals surface area contributed by atoms with Crippen LogP contribution in [0.1, 0.15) is 11.1 Å². The molecule has 1 aromatic carbocycles. The van der Waals surface area contributed by atoms with E-state index in [-0.39, 0.29) is 0 Å². The maximum atomic E-state index is 8.47. The largest absolute Gasteiger partial charge is 0.192 e. The smallest absolute Gasteiger partial charge is 0.113 e. The number of hydrogen-bond acceptors (Lipinski definition) is 2. The van der Waals surface area contributed by atoms with Gasteiger partial charge in [0, 0.05) is 0 Å². The molecule has 11 heavy (non-hydrogen) atoms. The van der Waals surface area contributed by atoms with Crippen LogP contribution in [-0.2, 0) is 0 Å². The molecule has 0 spiro atoms. The minimum atomic E-state index is 0.418. The molecule has 2 nitrogen and oxygen atoms in total. The van der Waals surface area contributed by atoms with E-state index in [0.717, 1.165) is 0 Å². The summed E-state index contributed by atoms with van der Waals surface area (Å²) in [4.78, 5) is 0. The van der Waals surface area contributed by atoms with Crippen molar-refractivity contribution in [3.05, 3.63) is 29.3 Å². The summed E-state index contributed by atoms with van der Waals surface area (Å²) in [6.45, 7) is 0. The van der Waals surface area contributed by atoms with E-state index in [1.54, 1.807) is 0 Å². The van der Waals surface area contributed by atoms with Gasteiger partial charge in [0.15, 0.2) is 0 Å². The molecule has 1 aromatic rings. The Morgan fingerprint density at radius 3 is 1.82 bits per heavy atom. The van der Waals surface area contributed by atoms with Crippen molar-refractivity contribution in [2.45, 2.75) is 0 Å². The highest BCUT2D eigenvalue weighted by molar-refractivity contribution is 6.32. The minimum Gasteiger partial charge on any atom is -0.192 e. The van der Waals surface area contributed by atoms with Gasteiger partial charge in [0.2, 0.25) is 0 Å². The van der Waals surface area contributed by atoms with Crippen LogP contribution in [0.25, 0.3) is 0 Å². The molecule has 0 saturated carbocycles. The third-order valence-corrected chi connectivity index (χ3v) is 1.21. The molecule has 0 bridgehead atoms. The topological polar surface area (TPSA) is 47.6 Å². The molecule has 1 rings (SSSR count). The Kier molecular flexibility index (Phi) is 1.94. The zero-order valence-corrected chi connectivity index (χ0v) is 5.70. The van der Waals surface area contributed by atoms with Crippen molar-refractivity contribution < 1.29 is 0 Å². The van der Waals surface area contributed by atoms with E-state index >= 15 is 0 Å². The molecule has 0 atom stereocenters. The summed E-state index contributed by atoms with van der Waals surface area (Å²) in [7, 11) is 5.41. The van der Waals surface area contributed by atoms with E-state index in [0.29, 0.717) is 16.6 Å². The Balaban J connectivity index is 3.28. The summed E-state index contributed by atoms with van der Waals surface area (Å²) in [5.41, 5.74) is 1.28. The SMILES string of the molecule is [B]c1cc(C#N)cc(C#N)c1. The number of nitrogens with zero attached hydrogens (tertiary/aromatic N) is 2. The fraction of sp³-hybridized carbons (Fsp3) is 0. The first-order valence-electron chi connectivity index (χ1n) is 2.97. The maximum absolute atomic E-state index is 8.47.